The summed E-state index contributed by atoms with van der Waals surface area (Å²) in [7, 11) is 0. The molecule has 0 spiro atoms. The smallest absolute Gasteiger partial charge is 0.237 e. The SMILES string of the molecule is CCN1CCN(C(=O)C23CCC(C)(/C(=N/O)C2=O)C3(C)C)CC1. The summed E-state index contributed by atoms with van der Waals surface area (Å²) in [4.78, 5) is 30.5. The number of likely N-dealkylation sites (N-methyl/N-ethyl adjacent to an activating group) is 1. The maximum Gasteiger partial charge on any atom is 0.237 e. The van der Waals surface area contributed by atoms with Gasteiger partial charge in [0.1, 0.15) is 11.1 Å². The molecule has 3 fully saturated rings. The highest BCUT2D eigenvalue weighted by Gasteiger charge is 2.77. The molecule has 0 aromatic rings. The number of piperazine rings is 1. The highest BCUT2D eigenvalue weighted by Crippen LogP contribution is 2.69. The van der Waals surface area contributed by atoms with E-state index in [4.69, 9.17) is 0 Å². The molecule has 2 atom stereocenters. The van der Waals surface area contributed by atoms with E-state index >= 15 is 0 Å². The van der Waals surface area contributed by atoms with E-state index < -0.39 is 16.2 Å². The average Bonchev–Trinajstić information content (AvgIpc) is 2.82. The second-order valence-electron chi connectivity index (χ2n) is 7.87. The van der Waals surface area contributed by atoms with Gasteiger partial charge in [-0.1, -0.05) is 32.9 Å². The Kier molecular flexibility index (Phi) is 3.59. The van der Waals surface area contributed by atoms with Crippen LogP contribution in [0.1, 0.15) is 40.5 Å². The zero-order chi connectivity index (χ0) is 17.0. The minimum atomic E-state index is -1.06. The van der Waals surface area contributed by atoms with Crippen molar-refractivity contribution in [2.45, 2.75) is 40.5 Å². The van der Waals surface area contributed by atoms with Crippen LogP contribution in [0, 0.1) is 16.2 Å². The maximum atomic E-state index is 13.4. The molecule has 128 valence electrons. The largest absolute Gasteiger partial charge is 0.411 e. The van der Waals surface area contributed by atoms with Crippen molar-refractivity contribution >= 4 is 17.4 Å². The third-order valence-electron chi connectivity index (χ3n) is 7.14. The Morgan fingerprint density at radius 1 is 1.17 bits per heavy atom. The molecule has 2 bridgehead atoms. The number of hydrogen-bond acceptors (Lipinski definition) is 5. The minimum absolute atomic E-state index is 0.0642. The predicted molar refractivity (Wildman–Crippen MR) is 86.5 cm³/mol. The van der Waals surface area contributed by atoms with Crippen molar-refractivity contribution in [1.29, 1.82) is 0 Å². The molecule has 1 heterocycles. The quantitative estimate of drug-likeness (QED) is 0.474. The topological polar surface area (TPSA) is 73.2 Å². The van der Waals surface area contributed by atoms with E-state index in [2.05, 4.69) is 17.0 Å². The summed E-state index contributed by atoms with van der Waals surface area (Å²) < 4.78 is 0. The molecule has 0 aromatic carbocycles. The third kappa shape index (κ3) is 1.76. The molecular weight excluding hydrogens is 294 g/mol. The summed E-state index contributed by atoms with van der Waals surface area (Å²) in [6, 6.07) is 0. The molecule has 3 rings (SSSR count). The summed E-state index contributed by atoms with van der Waals surface area (Å²) in [5, 5.41) is 12.7. The summed E-state index contributed by atoms with van der Waals surface area (Å²) >= 11 is 0. The van der Waals surface area contributed by atoms with Gasteiger partial charge in [0.25, 0.3) is 0 Å². The fraction of sp³-hybridized carbons (Fsp3) is 0.824. The van der Waals surface area contributed by atoms with Gasteiger partial charge in [-0.15, -0.1) is 0 Å². The van der Waals surface area contributed by atoms with Crippen molar-refractivity contribution in [3.05, 3.63) is 0 Å². The Bertz CT molecular complexity index is 578. The van der Waals surface area contributed by atoms with Gasteiger partial charge in [0.15, 0.2) is 5.78 Å². The van der Waals surface area contributed by atoms with Gasteiger partial charge in [0.2, 0.25) is 5.91 Å². The van der Waals surface area contributed by atoms with Crippen LogP contribution in [0.5, 0.6) is 0 Å². The number of fused-ring (bicyclic) bond motifs is 2. The number of carbonyl (C=O) groups is 2. The molecule has 1 amide bonds. The first-order valence-electron chi connectivity index (χ1n) is 8.55. The van der Waals surface area contributed by atoms with Gasteiger partial charge in [-0.05, 0) is 24.8 Å². The minimum Gasteiger partial charge on any atom is -0.411 e. The number of Topliss-reactive ketones (excluding diaryl/α,β-unsaturated/α-hetero) is 1. The van der Waals surface area contributed by atoms with Gasteiger partial charge in [-0.2, -0.15) is 0 Å². The highest BCUT2D eigenvalue weighted by atomic mass is 16.4. The Balaban J connectivity index is 1.95. The van der Waals surface area contributed by atoms with Crippen LogP contribution < -0.4 is 0 Å². The fourth-order valence-corrected chi connectivity index (χ4v) is 4.96. The van der Waals surface area contributed by atoms with E-state index in [1.54, 1.807) is 0 Å². The number of rotatable bonds is 2. The van der Waals surface area contributed by atoms with Crippen LogP contribution in [0.2, 0.25) is 0 Å². The molecule has 0 aromatic heterocycles. The number of hydrogen-bond donors (Lipinski definition) is 1. The number of ketones is 1. The van der Waals surface area contributed by atoms with Crippen molar-refractivity contribution in [1.82, 2.24) is 9.80 Å². The summed E-state index contributed by atoms with van der Waals surface area (Å²) in [5.41, 5.74) is -1.93. The van der Waals surface area contributed by atoms with E-state index in [0.29, 0.717) is 25.9 Å². The zero-order valence-corrected chi connectivity index (χ0v) is 14.6. The lowest BCUT2D eigenvalue weighted by Crippen LogP contribution is -2.57. The van der Waals surface area contributed by atoms with Crippen molar-refractivity contribution < 1.29 is 14.8 Å². The first-order chi connectivity index (χ1) is 10.8. The average molecular weight is 321 g/mol. The molecule has 6 nitrogen and oxygen atoms in total. The lowest BCUT2D eigenvalue weighted by molar-refractivity contribution is -0.154. The van der Waals surface area contributed by atoms with Gasteiger partial charge < -0.3 is 15.0 Å². The second-order valence-corrected chi connectivity index (χ2v) is 7.87. The van der Waals surface area contributed by atoms with Crippen LogP contribution >= 0.6 is 0 Å². The van der Waals surface area contributed by atoms with Crippen molar-refractivity contribution in [3.63, 3.8) is 0 Å². The molecule has 2 saturated carbocycles. The molecule has 1 saturated heterocycles. The van der Waals surface area contributed by atoms with Crippen LogP contribution in [0.25, 0.3) is 0 Å². The Morgan fingerprint density at radius 2 is 1.78 bits per heavy atom. The summed E-state index contributed by atoms with van der Waals surface area (Å²) in [5.74, 6) is -0.327. The van der Waals surface area contributed by atoms with Crippen LogP contribution in [0.15, 0.2) is 5.16 Å². The van der Waals surface area contributed by atoms with E-state index in [-0.39, 0.29) is 17.4 Å². The van der Waals surface area contributed by atoms with Crippen LogP contribution in [0.4, 0.5) is 0 Å². The van der Waals surface area contributed by atoms with Crippen molar-refractivity contribution in [2.24, 2.45) is 21.4 Å². The summed E-state index contributed by atoms with van der Waals surface area (Å²) in [6.07, 6.45) is 1.27. The molecule has 2 aliphatic carbocycles. The number of oxime groups is 1. The Morgan fingerprint density at radius 3 is 2.26 bits per heavy atom. The lowest BCUT2D eigenvalue weighted by Gasteiger charge is -2.43. The standard InChI is InChI=1S/C17H27N3O3/c1-5-19-8-10-20(11-9-19)14(22)17-7-6-16(4,15(17,2)3)12(18-23)13(17)21/h23H,5-11H2,1-4H3/b18-12+. The molecule has 1 N–H and O–H groups in total. The van der Waals surface area contributed by atoms with E-state index in [0.717, 1.165) is 19.6 Å². The maximum absolute atomic E-state index is 13.4. The molecule has 2 unspecified atom stereocenters. The van der Waals surface area contributed by atoms with E-state index in [1.165, 1.54) is 0 Å². The van der Waals surface area contributed by atoms with Crippen LogP contribution in [-0.2, 0) is 9.59 Å². The Labute approximate surface area is 137 Å². The first kappa shape index (κ1) is 16.4. The van der Waals surface area contributed by atoms with E-state index in [1.807, 2.05) is 25.7 Å². The van der Waals surface area contributed by atoms with Gasteiger partial charge >= 0.3 is 0 Å². The number of amides is 1. The third-order valence-corrected chi connectivity index (χ3v) is 7.14. The van der Waals surface area contributed by atoms with Crippen molar-refractivity contribution in [3.8, 4) is 0 Å². The van der Waals surface area contributed by atoms with E-state index in [9.17, 15) is 14.8 Å². The molecule has 0 radical (unpaired) electrons. The second kappa shape index (κ2) is 5.03. The fourth-order valence-electron chi connectivity index (χ4n) is 4.96. The molecule has 6 heteroatoms. The van der Waals surface area contributed by atoms with Crippen molar-refractivity contribution in [2.75, 3.05) is 32.7 Å². The molecular formula is C17H27N3O3. The van der Waals surface area contributed by atoms with Gasteiger partial charge in [-0.25, -0.2) is 0 Å². The van der Waals surface area contributed by atoms with Gasteiger partial charge in [0, 0.05) is 31.6 Å². The van der Waals surface area contributed by atoms with Crippen LogP contribution in [-0.4, -0.2) is 65.1 Å². The first-order valence-corrected chi connectivity index (χ1v) is 8.55. The van der Waals surface area contributed by atoms with Gasteiger partial charge in [-0.3, -0.25) is 9.59 Å². The normalized spacial score (nSPS) is 38.5. The predicted octanol–water partition coefficient (Wildman–Crippen LogP) is 1.38. The molecule has 1 aliphatic heterocycles. The summed E-state index contributed by atoms with van der Waals surface area (Å²) in [6.45, 7) is 12.1. The molecule has 3 aliphatic rings. The van der Waals surface area contributed by atoms with Crippen LogP contribution in [0.3, 0.4) is 0 Å². The Hall–Kier alpha value is -1.43. The monoisotopic (exact) mass is 321 g/mol. The number of carbonyl (C=O) groups excluding carboxylic acids is 2. The number of nitrogens with zero attached hydrogens (tertiary/aromatic N) is 3. The van der Waals surface area contributed by atoms with Gasteiger partial charge in [0.05, 0.1) is 0 Å². The zero-order valence-electron chi connectivity index (χ0n) is 14.6. The lowest BCUT2D eigenvalue weighted by atomic mass is 9.64. The highest BCUT2D eigenvalue weighted by molar-refractivity contribution is 6.50. The molecule has 23 heavy (non-hydrogen) atoms.